The molecule has 2 aliphatic heterocycles. The van der Waals surface area contributed by atoms with Crippen molar-refractivity contribution in [3.63, 3.8) is 0 Å². The Balaban J connectivity index is 1.41. The summed E-state index contributed by atoms with van der Waals surface area (Å²) in [7, 11) is 0. The number of amides is 2. The third kappa shape index (κ3) is 3.05. The molecule has 5 rings (SSSR count). The number of likely N-dealkylation sites (tertiary alicyclic amines) is 1. The molecule has 2 unspecified atom stereocenters. The number of carbonyl (C=O) groups is 2. The molecule has 0 spiro atoms. The molecule has 0 aliphatic carbocycles. The maximum atomic E-state index is 13.1. The maximum Gasteiger partial charge on any atom is 0.247 e. The lowest BCUT2D eigenvalue weighted by molar-refractivity contribution is -0.140. The van der Waals surface area contributed by atoms with Crippen molar-refractivity contribution in [1.29, 1.82) is 0 Å². The molecule has 148 valence electrons. The molecule has 2 amide bonds. The van der Waals surface area contributed by atoms with Crippen LogP contribution >= 0.6 is 11.6 Å². The van der Waals surface area contributed by atoms with E-state index in [-0.39, 0.29) is 24.3 Å². The molecule has 0 radical (unpaired) electrons. The fraction of sp³-hybridized carbons (Fsp3) is 0.304. The normalized spacial score (nSPS) is 22.5. The zero-order chi connectivity index (χ0) is 20.1. The Bertz CT molecular complexity index is 1110. The van der Waals surface area contributed by atoms with Gasteiger partial charge in [-0.3, -0.25) is 19.4 Å². The highest BCUT2D eigenvalue weighted by molar-refractivity contribution is 6.31. The van der Waals surface area contributed by atoms with Crippen LogP contribution in [0.5, 0.6) is 0 Å². The van der Waals surface area contributed by atoms with Gasteiger partial charge in [0, 0.05) is 34.2 Å². The van der Waals surface area contributed by atoms with Crippen molar-refractivity contribution in [2.45, 2.75) is 38.4 Å². The smallest absolute Gasteiger partial charge is 0.247 e. The summed E-state index contributed by atoms with van der Waals surface area (Å²) in [5.41, 5.74) is 4.42. The van der Waals surface area contributed by atoms with Gasteiger partial charge < -0.3 is 4.98 Å². The lowest BCUT2D eigenvalue weighted by Gasteiger charge is -2.36. The Labute approximate surface area is 174 Å². The van der Waals surface area contributed by atoms with E-state index in [1.165, 1.54) is 10.5 Å². The highest BCUT2D eigenvalue weighted by Gasteiger charge is 2.44. The van der Waals surface area contributed by atoms with Crippen molar-refractivity contribution < 1.29 is 9.59 Å². The summed E-state index contributed by atoms with van der Waals surface area (Å²) in [4.78, 5) is 32.9. The summed E-state index contributed by atoms with van der Waals surface area (Å²) in [5, 5.41) is 1.88. The number of nitrogens with one attached hydrogen (secondary N) is 1. The Morgan fingerprint density at radius 1 is 1.14 bits per heavy atom. The molecular formula is C23H22ClN3O2. The maximum absolute atomic E-state index is 13.1. The number of H-pyrrole nitrogens is 1. The number of nitrogens with zero attached hydrogens (tertiary/aromatic N) is 2. The minimum absolute atomic E-state index is 0.0309. The molecule has 1 saturated heterocycles. The minimum Gasteiger partial charge on any atom is -0.357 e. The summed E-state index contributed by atoms with van der Waals surface area (Å²) < 4.78 is 0. The molecule has 0 bridgehead atoms. The molecule has 2 atom stereocenters. The summed E-state index contributed by atoms with van der Waals surface area (Å²) in [6, 6.07) is 15.2. The summed E-state index contributed by atoms with van der Waals surface area (Å²) in [6.07, 6.45) is 1.08. The molecule has 2 aromatic carbocycles. The first-order valence-corrected chi connectivity index (χ1v) is 10.3. The van der Waals surface area contributed by atoms with Crippen molar-refractivity contribution >= 4 is 34.3 Å². The van der Waals surface area contributed by atoms with E-state index in [1.54, 1.807) is 0 Å². The molecule has 5 nitrogen and oxygen atoms in total. The predicted octanol–water partition coefficient (Wildman–Crippen LogP) is 4.07. The molecular weight excluding hydrogens is 386 g/mol. The number of aromatic amines is 1. The fourth-order valence-corrected chi connectivity index (χ4v) is 4.92. The van der Waals surface area contributed by atoms with Gasteiger partial charge in [-0.15, -0.1) is 0 Å². The Kier molecular flexibility index (Phi) is 4.45. The van der Waals surface area contributed by atoms with Crippen LogP contribution in [0.1, 0.15) is 36.2 Å². The molecule has 3 aromatic rings. The number of hydrogen-bond donors (Lipinski definition) is 1. The van der Waals surface area contributed by atoms with Crippen LogP contribution in [-0.4, -0.2) is 39.2 Å². The van der Waals surface area contributed by atoms with E-state index in [0.717, 1.165) is 40.1 Å². The highest BCUT2D eigenvalue weighted by Crippen LogP contribution is 2.38. The first-order chi connectivity index (χ1) is 14.0. The number of carbonyl (C=O) groups excluding carboxylic acids is 2. The van der Waals surface area contributed by atoms with Gasteiger partial charge >= 0.3 is 0 Å². The lowest BCUT2D eigenvalue weighted by Crippen LogP contribution is -2.46. The van der Waals surface area contributed by atoms with Gasteiger partial charge in [0.15, 0.2) is 0 Å². The van der Waals surface area contributed by atoms with Gasteiger partial charge in [0.05, 0.1) is 19.0 Å². The molecule has 1 fully saturated rings. The second-order valence-corrected chi connectivity index (χ2v) is 8.33. The minimum atomic E-state index is -0.399. The summed E-state index contributed by atoms with van der Waals surface area (Å²) >= 11 is 6.19. The number of halogens is 1. The number of aromatic nitrogens is 1. The van der Waals surface area contributed by atoms with E-state index >= 15 is 0 Å². The van der Waals surface area contributed by atoms with Crippen molar-refractivity contribution in [3.05, 3.63) is 70.4 Å². The van der Waals surface area contributed by atoms with E-state index < -0.39 is 6.04 Å². The van der Waals surface area contributed by atoms with E-state index in [4.69, 9.17) is 11.6 Å². The van der Waals surface area contributed by atoms with Gasteiger partial charge in [-0.2, -0.15) is 0 Å². The van der Waals surface area contributed by atoms with Crippen LogP contribution in [0.25, 0.3) is 10.9 Å². The highest BCUT2D eigenvalue weighted by atomic mass is 35.5. The first kappa shape index (κ1) is 18.4. The SMILES string of the molecule is CC1c2[nH]c3ccc(Cl)cc3c2CCN1C1CC(=O)N(Cc2ccccc2)C1=O. The van der Waals surface area contributed by atoms with Gasteiger partial charge in [0.2, 0.25) is 11.8 Å². The lowest BCUT2D eigenvalue weighted by atomic mass is 9.96. The molecule has 3 heterocycles. The van der Waals surface area contributed by atoms with E-state index in [0.29, 0.717) is 6.54 Å². The van der Waals surface area contributed by atoms with Crippen molar-refractivity contribution in [3.8, 4) is 0 Å². The molecule has 6 heteroatoms. The van der Waals surface area contributed by atoms with Crippen LogP contribution in [0.4, 0.5) is 0 Å². The fourth-order valence-electron chi connectivity index (χ4n) is 4.75. The van der Waals surface area contributed by atoms with E-state index in [9.17, 15) is 9.59 Å². The average molecular weight is 408 g/mol. The van der Waals surface area contributed by atoms with Gasteiger partial charge in [-0.25, -0.2) is 0 Å². The van der Waals surface area contributed by atoms with Crippen LogP contribution in [0.3, 0.4) is 0 Å². The monoisotopic (exact) mass is 407 g/mol. The van der Waals surface area contributed by atoms with Crippen molar-refractivity contribution in [1.82, 2.24) is 14.8 Å². The number of imide groups is 1. The summed E-state index contributed by atoms with van der Waals surface area (Å²) in [5.74, 6) is -0.182. The van der Waals surface area contributed by atoms with Gasteiger partial charge in [-0.05, 0) is 42.7 Å². The standard InChI is InChI=1S/C23H22ClN3O2/c1-14-22-17(18-11-16(24)7-8-19(18)25-22)9-10-26(14)20-12-21(28)27(23(20)29)13-15-5-3-2-4-6-15/h2-8,11,14,20,25H,9-10,12-13H2,1H3. The van der Waals surface area contributed by atoms with E-state index in [1.807, 2.05) is 48.5 Å². The zero-order valence-electron chi connectivity index (χ0n) is 16.2. The topological polar surface area (TPSA) is 56.4 Å². The third-order valence-electron chi connectivity index (χ3n) is 6.24. The second-order valence-electron chi connectivity index (χ2n) is 7.89. The van der Waals surface area contributed by atoms with Crippen LogP contribution in [0.15, 0.2) is 48.5 Å². The van der Waals surface area contributed by atoms with Crippen LogP contribution in [-0.2, 0) is 22.6 Å². The Hall–Kier alpha value is -2.63. The van der Waals surface area contributed by atoms with Crippen molar-refractivity contribution in [2.24, 2.45) is 0 Å². The number of benzene rings is 2. The van der Waals surface area contributed by atoms with Gasteiger partial charge in [0.1, 0.15) is 0 Å². The molecule has 29 heavy (non-hydrogen) atoms. The first-order valence-electron chi connectivity index (χ1n) is 9.97. The van der Waals surface area contributed by atoms with E-state index in [2.05, 4.69) is 16.8 Å². The quantitative estimate of drug-likeness (QED) is 0.666. The molecule has 1 aromatic heterocycles. The van der Waals surface area contributed by atoms with Gasteiger partial charge in [-0.1, -0.05) is 41.9 Å². The zero-order valence-corrected chi connectivity index (χ0v) is 16.9. The van der Waals surface area contributed by atoms with Crippen molar-refractivity contribution in [2.75, 3.05) is 6.54 Å². The van der Waals surface area contributed by atoms with Crippen LogP contribution in [0.2, 0.25) is 5.02 Å². The van der Waals surface area contributed by atoms with Gasteiger partial charge in [0.25, 0.3) is 0 Å². The number of rotatable bonds is 3. The second kappa shape index (κ2) is 7.01. The Morgan fingerprint density at radius 3 is 2.72 bits per heavy atom. The molecule has 0 saturated carbocycles. The molecule has 2 aliphatic rings. The largest absolute Gasteiger partial charge is 0.357 e. The molecule has 1 N–H and O–H groups in total. The number of fused-ring (bicyclic) bond motifs is 3. The third-order valence-corrected chi connectivity index (χ3v) is 6.48. The van der Waals surface area contributed by atoms with Crippen LogP contribution in [0, 0.1) is 0 Å². The Morgan fingerprint density at radius 2 is 1.93 bits per heavy atom. The average Bonchev–Trinajstić information content (AvgIpc) is 3.22. The summed E-state index contributed by atoms with van der Waals surface area (Å²) in [6.45, 7) is 3.19. The predicted molar refractivity (Wildman–Crippen MR) is 113 cm³/mol. The number of hydrogen-bond acceptors (Lipinski definition) is 3. The van der Waals surface area contributed by atoms with Crippen LogP contribution < -0.4 is 0 Å².